The molecule has 0 fully saturated rings. The highest BCUT2D eigenvalue weighted by Gasteiger charge is 2.06. The fraction of sp³-hybridized carbons (Fsp3) is 0.500. The van der Waals surface area contributed by atoms with E-state index in [9.17, 15) is 8.42 Å². The van der Waals surface area contributed by atoms with Crippen LogP contribution in [0.15, 0.2) is 12.4 Å². The molecule has 0 radical (unpaired) electrons. The average molecular weight is 230 g/mol. The minimum Gasteiger partial charge on any atom is -0.384 e. The Morgan fingerprint density at radius 1 is 1.47 bits per heavy atom. The Morgan fingerprint density at radius 3 is 2.80 bits per heavy atom. The topological polar surface area (TPSA) is 98.0 Å². The molecule has 0 amide bonds. The summed E-state index contributed by atoms with van der Waals surface area (Å²) in [6, 6.07) is 1.55. The van der Waals surface area contributed by atoms with Crippen molar-refractivity contribution in [2.45, 2.75) is 6.92 Å². The summed E-state index contributed by atoms with van der Waals surface area (Å²) in [7, 11) is -2.94. The van der Waals surface area contributed by atoms with Gasteiger partial charge in [0.25, 0.3) is 0 Å². The maximum absolute atomic E-state index is 11.2. The Labute approximate surface area is 88.8 Å². The Bertz CT molecular complexity index is 418. The van der Waals surface area contributed by atoms with E-state index in [0.717, 1.165) is 0 Å². The number of hydrogen-bond acceptors (Lipinski definition) is 6. The minimum atomic E-state index is -2.94. The van der Waals surface area contributed by atoms with Gasteiger partial charge in [0, 0.05) is 18.4 Å². The summed E-state index contributed by atoms with van der Waals surface area (Å²) in [5, 5.41) is 2.87. The van der Waals surface area contributed by atoms with Gasteiger partial charge in [-0.3, -0.25) is 0 Å². The number of rotatable bonds is 5. The van der Waals surface area contributed by atoms with Crippen molar-refractivity contribution in [1.29, 1.82) is 0 Å². The first kappa shape index (κ1) is 11.7. The number of hydrogen-bond donors (Lipinski definition) is 2. The van der Waals surface area contributed by atoms with Crippen LogP contribution in [-0.4, -0.2) is 36.4 Å². The van der Waals surface area contributed by atoms with Crippen LogP contribution in [0.4, 0.5) is 11.6 Å². The minimum absolute atomic E-state index is 0.0907. The number of aromatic nitrogens is 2. The zero-order valence-corrected chi connectivity index (χ0v) is 9.29. The molecule has 6 nitrogen and oxygen atoms in total. The van der Waals surface area contributed by atoms with Crippen LogP contribution in [0.2, 0.25) is 0 Å². The monoisotopic (exact) mass is 230 g/mol. The number of anilines is 2. The highest BCUT2D eigenvalue weighted by Crippen LogP contribution is 2.04. The highest BCUT2D eigenvalue weighted by molar-refractivity contribution is 7.91. The lowest BCUT2D eigenvalue weighted by atomic mass is 10.5. The number of nitrogens with two attached hydrogens (primary N) is 1. The van der Waals surface area contributed by atoms with E-state index < -0.39 is 9.84 Å². The predicted molar refractivity (Wildman–Crippen MR) is 59.3 cm³/mol. The summed E-state index contributed by atoms with van der Waals surface area (Å²) in [5.41, 5.74) is 5.43. The van der Waals surface area contributed by atoms with Gasteiger partial charge < -0.3 is 11.1 Å². The smallest absolute Gasteiger partial charge is 0.151 e. The van der Waals surface area contributed by atoms with Crippen molar-refractivity contribution < 1.29 is 8.42 Å². The Morgan fingerprint density at radius 2 is 2.20 bits per heavy atom. The summed E-state index contributed by atoms with van der Waals surface area (Å²) in [5.74, 6) is 1.13. The predicted octanol–water partition coefficient (Wildman–Crippen LogP) is -0.0946. The summed E-state index contributed by atoms with van der Waals surface area (Å²) in [6.07, 6.45) is 1.33. The van der Waals surface area contributed by atoms with Crippen molar-refractivity contribution in [2.75, 3.05) is 29.1 Å². The maximum Gasteiger partial charge on any atom is 0.151 e. The lowest BCUT2D eigenvalue weighted by Crippen LogP contribution is -2.17. The Balaban J connectivity index is 2.45. The van der Waals surface area contributed by atoms with E-state index in [1.54, 1.807) is 13.0 Å². The molecule has 84 valence electrons. The van der Waals surface area contributed by atoms with Gasteiger partial charge in [-0.15, -0.1) is 0 Å². The van der Waals surface area contributed by atoms with Crippen molar-refractivity contribution in [3.05, 3.63) is 12.4 Å². The number of sulfone groups is 1. The Hall–Kier alpha value is -1.37. The molecule has 15 heavy (non-hydrogen) atoms. The van der Waals surface area contributed by atoms with Gasteiger partial charge in [0.2, 0.25) is 0 Å². The quantitative estimate of drug-likeness (QED) is 0.733. The van der Waals surface area contributed by atoms with Gasteiger partial charge in [0.1, 0.15) is 18.0 Å². The van der Waals surface area contributed by atoms with Gasteiger partial charge in [-0.1, -0.05) is 6.92 Å². The first-order valence-electron chi connectivity index (χ1n) is 4.55. The molecule has 3 N–H and O–H groups in total. The largest absolute Gasteiger partial charge is 0.384 e. The van der Waals surface area contributed by atoms with Crippen LogP contribution in [0.1, 0.15) is 6.92 Å². The van der Waals surface area contributed by atoms with Crippen LogP contribution in [0.25, 0.3) is 0 Å². The maximum atomic E-state index is 11.2. The first-order chi connectivity index (χ1) is 7.03. The lowest BCUT2D eigenvalue weighted by Gasteiger charge is -2.05. The highest BCUT2D eigenvalue weighted by atomic mass is 32.2. The Kier molecular flexibility index (Phi) is 3.84. The van der Waals surface area contributed by atoms with E-state index in [-0.39, 0.29) is 11.5 Å². The van der Waals surface area contributed by atoms with Crippen LogP contribution < -0.4 is 11.1 Å². The second kappa shape index (κ2) is 4.92. The van der Waals surface area contributed by atoms with Crippen molar-refractivity contribution in [3.8, 4) is 0 Å². The van der Waals surface area contributed by atoms with Gasteiger partial charge in [-0.2, -0.15) is 0 Å². The zero-order chi connectivity index (χ0) is 11.3. The van der Waals surface area contributed by atoms with Crippen molar-refractivity contribution >= 4 is 21.5 Å². The third-order valence-electron chi connectivity index (χ3n) is 1.85. The number of nitrogens with one attached hydrogen (secondary N) is 1. The van der Waals surface area contributed by atoms with Crippen LogP contribution in [-0.2, 0) is 9.84 Å². The fourth-order valence-corrected chi connectivity index (χ4v) is 1.65. The SMILES string of the molecule is CCS(=O)(=O)CCNc1cc(N)ncn1. The van der Waals surface area contributed by atoms with Crippen LogP contribution in [0, 0.1) is 0 Å². The van der Waals surface area contributed by atoms with Crippen molar-refractivity contribution in [1.82, 2.24) is 9.97 Å². The molecule has 0 saturated heterocycles. The second-order valence-corrected chi connectivity index (χ2v) is 5.46. The summed E-state index contributed by atoms with van der Waals surface area (Å²) in [4.78, 5) is 7.61. The van der Waals surface area contributed by atoms with Crippen molar-refractivity contribution in [2.24, 2.45) is 0 Å². The average Bonchev–Trinajstić information content (AvgIpc) is 2.18. The molecule has 7 heteroatoms. The lowest BCUT2D eigenvalue weighted by molar-refractivity contribution is 0.597. The summed E-state index contributed by atoms with van der Waals surface area (Å²) in [6.45, 7) is 1.95. The van der Waals surface area contributed by atoms with E-state index in [4.69, 9.17) is 5.73 Å². The molecular weight excluding hydrogens is 216 g/mol. The van der Waals surface area contributed by atoms with E-state index in [2.05, 4.69) is 15.3 Å². The number of nitrogen functional groups attached to an aromatic ring is 1. The third kappa shape index (κ3) is 4.11. The van der Waals surface area contributed by atoms with Gasteiger partial charge in [0.15, 0.2) is 9.84 Å². The molecule has 0 aliphatic heterocycles. The summed E-state index contributed by atoms with van der Waals surface area (Å²) >= 11 is 0. The fourth-order valence-electron chi connectivity index (χ4n) is 0.948. The standard InChI is InChI=1S/C8H14N4O2S/c1-2-15(13,14)4-3-10-8-5-7(9)11-6-12-8/h5-6H,2-4H2,1H3,(H3,9,10,11,12). The molecule has 0 bridgehead atoms. The zero-order valence-electron chi connectivity index (χ0n) is 8.47. The van der Waals surface area contributed by atoms with E-state index in [1.165, 1.54) is 6.33 Å². The molecule has 1 aromatic rings. The molecule has 0 spiro atoms. The summed E-state index contributed by atoms with van der Waals surface area (Å²) < 4.78 is 22.3. The molecule has 1 rings (SSSR count). The molecule has 0 aliphatic carbocycles. The number of nitrogens with zero attached hydrogens (tertiary/aromatic N) is 2. The van der Waals surface area contributed by atoms with Crippen LogP contribution in [0.3, 0.4) is 0 Å². The third-order valence-corrected chi connectivity index (χ3v) is 3.55. The molecule has 0 unspecified atom stereocenters. The normalized spacial score (nSPS) is 11.3. The molecule has 0 saturated carbocycles. The first-order valence-corrected chi connectivity index (χ1v) is 6.37. The van der Waals surface area contributed by atoms with Crippen LogP contribution in [0.5, 0.6) is 0 Å². The van der Waals surface area contributed by atoms with Gasteiger partial charge in [-0.05, 0) is 0 Å². The van der Waals surface area contributed by atoms with Gasteiger partial charge >= 0.3 is 0 Å². The molecule has 0 aliphatic rings. The van der Waals surface area contributed by atoms with E-state index in [0.29, 0.717) is 18.2 Å². The van der Waals surface area contributed by atoms with Gasteiger partial charge in [-0.25, -0.2) is 18.4 Å². The van der Waals surface area contributed by atoms with Crippen LogP contribution >= 0.6 is 0 Å². The van der Waals surface area contributed by atoms with Gasteiger partial charge in [0.05, 0.1) is 5.75 Å². The van der Waals surface area contributed by atoms with E-state index in [1.807, 2.05) is 0 Å². The second-order valence-electron chi connectivity index (χ2n) is 2.99. The molecule has 1 aromatic heterocycles. The van der Waals surface area contributed by atoms with Crippen molar-refractivity contribution in [3.63, 3.8) is 0 Å². The molecule has 1 heterocycles. The van der Waals surface area contributed by atoms with E-state index >= 15 is 0 Å². The molecule has 0 aromatic carbocycles. The molecular formula is C8H14N4O2S. The molecule has 0 atom stereocenters.